The molecule has 29 heavy (non-hydrogen) atoms. The lowest BCUT2D eigenvalue weighted by molar-refractivity contribution is 0.0953. The molecule has 6 heteroatoms. The predicted octanol–water partition coefficient (Wildman–Crippen LogP) is 4.51. The SMILES string of the molecule is O=C(N/N=C\C=C\c1ccccc1)c1cccc(NC(=O)c2ccc(F)cc2)c1. The Kier molecular flexibility index (Phi) is 6.62. The zero-order chi connectivity index (χ0) is 20.5. The van der Waals surface area contributed by atoms with Crippen molar-refractivity contribution in [1.29, 1.82) is 0 Å². The first-order valence-electron chi connectivity index (χ1n) is 8.84. The number of carbonyl (C=O) groups is 2. The number of nitrogens with zero attached hydrogens (tertiary/aromatic N) is 1. The van der Waals surface area contributed by atoms with Gasteiger partial charge in [0, 0.05) is 23.0 Å². The van der Waals surface area contributed by atoms with Gasteiger partial charge in [0.05, 0.1) is 0 Å². The van der Waals surface area contributed by atoms with E-state index in [2.05, 4.69) is 15.8 Å². The molecule has 0 aliphatic rings. The fraction of sp³-hybridized carbons (Fsp3) is 0. The highest BCUT2D eigenvalue weighted by atomic mass is 19.1. The minimum Gasteiger partial charge on any atom is -0.322 e. The maximum absolute atomic E-state index is 13.0. The van der Waals surface area contributed by atoms with E-state index in [-0.39, 0.29) is 0 Å². The van der Waals surface area contributed by atoms with Crippen LogP contribution in [0.25, 0.3) is 6.08 Å². The maximum Gasteiger partial charge on any atom is 0.271 e. The molecular weight excluding hydrogens is 369 g/mol. The number of nitrogens with one attached hydrogen (secondary N) is 2. The lowest BCUT2D eigenvalue weighted by atomic mass is 10.1. The van der Waals surface area contributed by atoms with Crippen LogP contribution in [0.2, 0.25) is 0 Å². The van der Waals surface area contributed by atoms with Gasteiger partial charge in [0.15, 0.2) is 0 Å². The quantitative estimate of drug-likeness (QED) is 0.483. The van der Waals surface area contributed by atoms with Crippen molar-refractivity contribution in [1.82, 2.24) is 5.43 Å². The summed E-state index contributed by atoms with van der Waals surface area (Å²) < 4.78 is 13.0. The van der Waals surface area contributed by atoms with Crippen LogP contribution in [0.3, 0.4) is 0 Å². The van der Waals surface area contributed by atoms with Crippen molar-refractivity contribution in [3.05, 3.63) is 107 Å². The average Bonchev–Trinajstić information content (AvgIpc) is 2.74. The van der Waals surface area contributed by atoms with Gasteiger partial charge in [-0.05, 0) is 54.1 Å². The number of anilines is 1. The Morgan fingerprint density at radius 1 is 0.828 bits per heavy atom. The molecule has 0 saturated heterocycles. The summed E-state index contributed by atoms with van der Waals surface area (Å²) in [6.07, 6.45) is 5.06. The Labute approximate surface area is 167 Å². The van der Waals surface area contributed by atoms with Crippen LogP contribution in [0.15, 0.2) is 90.0 Å². The Balaban J connectivity index is 1.57. The van der Waals surface area contributed by atoms with Crippen molar-refractivity contribution in [2.45, 2.75) is 0 Å². The number of hydrogen-bond acceptors (Lipinski definition) is 3. The summed E-state index contributed by atoms with van der Waals surface area (Å²) in [5.74, 6) is -1.22. The third-order valence-electron chi connectivity index (χ3n) is 3.90. The highest BCUT2D eigenvalue weighted by Gasteiger charge is 2.09. The predicted molar refractivity (Wildman–Crippen MR) is 112 cm³/mol. The van der Waals surface area contributed by atoms with Gasteiger partial charge in [-0.15, -0.1) is 0 Å². The van der Waals surface area contributed by atoms with Crippen molar-refractivity contribution < 1.29 is 14.0 Å². The van der Waals surface area contributed by atoms with Gasteiger partial charge in [-0.1, -0.05) is 42.5 Å². The highest BCUT2D eigenvalue weighted by Crippen LogP contribution is 2.13. The molecule has 3 aromatic rings. The summed E-state index contributed by atoms with van der Waals surface area (Å²) in [6, 6.07) is 21.3. The van der Waals surface area contributed by atoms with Gasteiger partial charge in [0.25, 0.3) is 11.8 Å². The zero-order valence-corrected chi connectivity index (χ0v) is 15.4. The first-order chi connectivity index (χ1) is 14.1. The summed E-state index contributed by atoms with van der Waals surface area (Å²) in [6.45, 7) is 0. The van der Waals surface area contributed by atoms with Crippen LogP contribution < -0.4 is 10.7 Å². The molecule has 0 radical (unpaired) electrons. The number of allylic oxidation sites excluding steroid dienone is 1. The topological polar surface area (TPSA) is 70.6 Å². The Hall–Kier alpha value is -4.06. The van der Waals surface area contributed by atoms with Crippen molar-refractivity contribution in [2.24, 2.45) is 5.10 Å². The Morgan fingerprint density at radius 2 is 1.59 bits per heavy atom. The smallest absolute Gasteiger partial charge is 0.271 e. The Morgan fingerprint density at radius 3 is 2.34 bits per heavy atom. The van der Waals surface area contributed by atoms with E-state index in [4.69, 9.17) is 0 Å². The standard InChI is InChI=1S/C23H18FN3O2/c24-20-13-11-18(12-14-20)22(28)26-21-10-4-9-19(16-21)23(29)27-25-15-5-8-17-6-2-1-3-7-17/h1-16H,(H,26,28)(H,27,29)/b8-5+,25-15-. The largest absolute Gasteiger partial charge is 0.322 e. The molecule has 0 aliphatic heterocycles. The van der Waals surface area contributed by atoms with Crippen LogP contribution in [0.1, 0.15) is 26.3 Å². The molecule has 0 saturated carbocycles. The molecular formula is C23H18FN3O2. The Bertz CT molecular complexity index is 1050. The van der Waals surface area contributed by atoms with Gasteiger partial charge in [-0.2, -0.15) is 5.10 Å². The van der Waals surface area contributed by atoms with Crippen molar-refractivity contribution >= 4 is 29.8 Å². The van der Waals surface area contributed by atoms with Gasteiger partial charge in [0.1, 0.15) is 5.82 Å². The maximum atomic E-state index is 13.0. The average molecular weight is 387 g/mol. The van der Waals surface area contributed by atoms with Crippen LogP contribution >= 0.6 is 0 Å². The van der Waals surface area contributed by atoms with Crippen molar-refractivity contribution in [2.75, 3.05) is 5.32 Å². The first-order valence-corrected chi connectivity index (χ1v) is 8.84. The van der Waals surface area contributed by atoms with E-state index in [0.717, 1.165) is 5.56 Å². The molecule has 0 spiro atoms. The molecule has 2 N–H and O–H groups in total. The second-order valence-corrected chi connectivity index (χ2v) is 6.03. The molecule has 3 rings (SSSR count). The van der Waals surface area contributed by atoms with Crippen LogP contribution in [-0.2, 0) is 0 Å². The number of benzene rings is 3. The van der Waals surface area contributed by atoms with Crippen molar-refractivity contribution in [3.8, 4) is 0 Å². The number of rotatable bonds is 6. The van der Waals surface area contributed by atoms with Crippen LogP contribution in [0, 0.1) is 5.82 Å². The van der Waals surface area contributed by atoms with Crippen LogP contribution in [0.4, 0.5) is 10.1 Å². The van der Waals surface area contributed by atoms with E-state index in [9.17, 15) is 14.0 Å². The highest BCUT2D eigenvalue weighted by molar-refractivity contribution is 6.05. The zero-order valence-electron chi connectivity index (χ0n) is 15.4. The fourth-order valence-electron chi connectivity index (χ4n) is 2.46. The van der Waals surface area contributed by atoms with Gasteiger partial charge >= 0.3 is 0 Å². The third kappa shape index (κ3) is 5.97. The summed E-state index contributed by atoms with van der Waals surface area (Å²) in [7, 11) is 0. The minimum absolute atomic E-state index is 0.316. The van der Waals surface area contributed by atoms with Gasteiger partial charge in [-0.3, -0.25) is 9.59 Å². The summed E-state index contributed by atoms with van der Waals surface area (Å²) >= 11 is 0. The van der Waals surface area contributed by atoms with Gasteiger partial charge in [0.2, 0.25) is 0 Å². The molecule has 0 atom stereocenters. The van der Waals surface area contributed by atoms with E-state index < -0.39 is 17.6 Å². The number of carbonyl (C=O) groups excluding carboxylic acids is 2. The van der Waals surface area contributed by atoms with Gasteiger partial charge < -0.3 is 5.32 Å². The molecule has 0 aromatic heterocycles. The number of halogens is 1. The number of hydrazone groups is 1. The molecule has 0 fully saturated rings. The molecule has 144 valence electrons. The lowest BCUT2D eigenvalue weighted by Gasteiger charge is -2.07. The van der Waals surface area contributed by atoms with E-state index in [1.54, 1.807) is 24.3 Å². The van der Waals surface area contributed by atoms with E-state index in [0.29, 0.717) is 16.8 Å². The van der Waals surface area contributed by atoms with Crippen LogP contribution in [0.5, 0.6) is 0 Å². The first kappa shape index (κ1) is 19.7. The summed E-state index contributed by atoms with van der Waals surface area (Å²) in [5, 5.41) is 6.55. The fourth-order valence-corrected chi connectivity index (χ4v) is 2.46. The summed E-state index contributed by atoms with van der Waals surface area (Å²) in [4.78, 5) is 24.4. The van der Waals surface area contributed by atoms with E-state index >= 15 is 0 Å². The number of hydrogen-bond donors (Lipinski definition) is 2. The molecule has 2 amide bonds. The van der Waals surface area contributed by atoms with E-state index in [1.165, 1.54) is 36.5 Å². The molecule has 0 unspecified atom stereocenters. The monoisotopic (exact) mass is 387 g/mol. The molecule has 0 bridgehead atoms. The van der Waals surface area contributed by atoms with E-state index in [1.807, 2.05) is 36.4 Å². The molecule has 0 aliphatic carbocycles. The second-order valence-electron chi connectivity index (χ2n) is 6.03. The molecule has 0 heterocycles. The van der Waals surface area contributed by atoms with Crippen molar-refractivity contribution in [3.63, 3.8) is 0 Å². The lowest BCUT2D eigenvalue weighted by Crippen LogP contribution is -2.18. The van der Waals surface area contributed by atoms with Gasteiger partial charge in [-0.25, -0.2) is 9.82 Å². The third-order valence-corrected chi connectivity index (χ3v) is 3.90. The second kappa shape index (κ2) is 9.75. The summed E-state index contributed by atoms with van der Waals surface area (Å²) in [5.41, 5.74) is 4.55. The normalized spacial score (nSPS) is 10.9. The molecule has 3 aromatic carbocycles. The minimum atomic E-state index is -0.417. The molecule has 5 nitrogen and oxygen atoms in total. The number of amides is 2. The van der Waals surface area contributed by atoms with Crippen LogP contribution in [-0.4, -0.2) is 18.0 Å².